The molecule has 1 aromatic carbocycles. The molecule has 9 heteroatoms. The third-order valence-electron chi connectivity index (χ3n) is 1.76. The maximum atomic E-state index is 11.9. The first-order chi connectivity index (χ1) is 8.16. The molecule has 100 valence electrons. The molecule has 0 amide bonds. The number of ether oxygens (including phenoxy) is 1. The molecule has 0 heterocycles. The van der Waals surface area contributed by atoms with Crippen LogP contribution in [-0.2, 0) is 19.1 Å². The quantitative estimate of drug-likeness (QED) is 0.786. The Hall–Kier alpha value is -1.77. The van der Waals surface area contributed by atoms with Gasteiger partial charge in [0.25, 0.3) is 0 Å². The summed E-state index contributed by atoms with van der Waals surface area (Å²) in [5.41, 5.74) is 0. The molecule has 1 aromatic rings. The fourth-order valence-corrected chi connectivity index (χ4v) is 1.80. The molecular formula is C9H7F3O5S. The lowest BCUT2D eigenvalue weighted by Crippen LogP contribution is -2.28. The van der Waals surface area contributed by atoms with Gasteiger partial charge in [0.15, 0.2) is 0 Å². The Kier molecular flexibility index (Phi) is 3.85. The second kappa shape index (κ2) is 4.84. The minimum atomic E-state index is -5.38. The number of carbonyl (C=O) groups is 1. The lowest BCUT2D eigenvalue weighted by molar-refractivity contribution is -0.189. The van der Waals surface area contributed by atoms with Crippen molar-refractivity contribution in [2.75, 3.05) is 7.11 Å². The maximum Gasteiger partial charge on any atom is 0.492 e. The summed E-state index contributed by atoms with van der Waals surface area (Å²) >= 11 is 0. The van der Waals surface area contributed by atoms with Crippen LogP contribution in [0.15, 0.2) is 29.2 Å². The predicted octanol–water partition coefficient (Wildman–Crippen LogP) is 1.49. The number of halogens is 3. The van der Waals surface area contributed by atoms with E-state index in [1.165, 1.54) is 19.2 Å². The molecule has 0 saturated heterocycles. The molecule has 0 fully saturated rings. The summed E-state index contributed by atoms with van der Waals surface area (Å²) in [6, 6.07) is 4.32. The van der Waals surface area contributed by atoms with Crippen LogP contribution in [0.2, 0.25) is 0 Å². The van der Waals surface area contributed by atoms with Gasteiger partial charge in [0.2, 0.25) is 0 Å². The van der Waals surface area contributed by atoms with E-state index in [2.05, 4.69) is 4.18 Å². The normalized spacial score (nSPS) is 12.0. The Morgan fingerprint density at radius 2 is 1.67 bits per heavy atom. The van der Waals surface area contributed by atoms with Crippen LogP contribution in [0, 0.1) is 0 Å². The van der Waals surface area contributed by atoms with Crippen molar-refractivity contribution < 1.29 is 35.3 Å². The molecule has 1 rings (SSSR count). The third kappa shape index (κ3) is 3.36. The van der Waals surface area contributed by atoms with E-state index in [-0.39, 0.29) is 0 Å². The molecule has 0 N–H and O–H groups in total. The molecular weight excluding hydrogens is 277 g/mol. The van der Waals surface area contributed by atoms with Gasteiger partial charge in [0.05, 0.1) is 7.11 Å². The average Bonchev–Trinajstić information content (AvgIpc) is 2.27. The van der Waals surface area contributed by atoms with Crippen molar-refractivity contribution in [3.63, 3.8) is 0 Å². The monoisotopic (exact) mass is 284 g/mol. The zero-order valence-corrected chi connectivity index (χ0v) is 9.71. The highest BCUT2D eigenvalue weighted by molar-refractivity contribution is 7.87. The zero-order chi connectivity index (χ0) is 14.0. The minimum absolute atomic E-state index is 0.302. The highest BCUT2D eigenvalue weighted by Crippen LogP contribution is 2.22. The van der Waals surface area contributed by atoms with Gasteiger partial charge in [-0.15, -0.1) is 0 Å². The lowest BCUT2D eigenvalue weighted by Gasteiger charge is -2.07. The van der Waals surface area contributed by atoms with E-state index < -0.39 is 27.2 Å². The number of benzene rings is 1. The summed E-state index contributed by atoms with van der Waals surface area (Å²) in [4.78, 5) is 9.84. The van der Waals surface area contributed by atoms with Crippen molar-refractivity contribution in [1.82, 2.24) is 0 Å². The van der Waals surface area contributed by atoms with Crippen LogP contribution in [0.3, 0.4) is 0 Å². The average molecular weight is 284 g/mol. The highest BCUT2D eigenvalue weighted by Gasteiger charge is 2.44. The molecule has 0 aliphatic heterocycles. The van der Waals surface area contributed by atoms with Gasteiger partial charge in [-0.1, -0.05) is 0 Å². The van der Waals surface area contributed by atoms with Gasteiger partial charge in [-0.05, 0) is 24.3 Å². The first kappa shape index (κ1) is 14.3. The lowest BCUT2D eigenvalue weighted by atomic mass is 10.3. The number of rotatable bonds is 3. The number of methoxy groups -OCH3 is 1. The first-order valence-corrected chi connectivity index (χ1v) is 5.77. The van der Waals surface area contributed by atoms with Gasteiger partial charge in [-0.3, -0.25) is 0 Å². The highest BCUT2D eigenvalue weighted by atomic mass is 32.2. The van der Waals surface area contributed by atoms with Crippen LogP contribution in [0.1, 0.15) is 0 Å². The largest absolute Gasteiger partial charge is 0.497 e. The molecule has 0 radical (unpaired) electrons. The number of hydrogen-bond acceptors (Lipinski definition) is 5. The van der Waals surface area contributed by atoms with E-state index in [9.17, 15) is 26.4 Å². The molecule has 0 spiro atoms. The number of carbonyl (C=O) groups excluding carboxylic acids is 1. The molecule has 5 nitrogen and oxygen atoms in total. The fraction of sp³-hybridized carbons (Fsp3) is 0.222. The predicted molar refractivity (Wildman–Crippen MR) is 52.3 cm³/mol. The first-order valence-electron chi connectivity index (χ1n) is 4.36. The van der Waals surface area contributed by atoms with Crippen molar-refractivity contribution in [3.05, 3.63) is 24.3 Å². The van der Waals surface area contributed by atoms with E-state index in [1.807, 2.05) is 0 Å². The summed E-state index contributed by atoms with van der Waals surface area (Å²) in [5.74, 6) is -2.49. The summed E-state index contributed by atoms with van der Waals surface area (Å²) in [6.45, 7) is 0. The second-order valence-corrected chi connectivity index (χ2v) is 4.54. The van der Waals surface area contributed by atoms with E-state index in [0.717, 1.165) is 12.1 Å². The Morgan fingerprint density at radius 3 is 2.06 bits per heavy atom. The standard InChI is InChI=1S/C9H7F3O5S/c1-16-6-2-4-7(5-3-6)18(14,15)17-8(13)9(10,11)12/h2-5H,1H3. The van der Waals surface area contributed by atoms with Gasteiger partial charge < -0.3 is 8.92 Å². The van der Waals surface area contributed by atoms with Crippen LogP contribution in [-0.4, -0.2) is 27.7 Å². The zero-order valence-electron chi connectivity index (χ0n) is 8.89. The van der Waals surface area contributed by atoms with Crippen LogP contribution in [0.4, 0.5) is 13.2 Å². The Morgan fingerprint density at radius 1 is 1.17 bits per heavy atom. The number of hydrogen-bond donors (Lipinski definition) is 0. The topological polar surface area (TPSA) is 69.7 Å². The van der Waals surface area contributed by atoms with Gasteiger partial charge in [0, 0.05) is 0 Å². The summed E-state index contributed by atoms with van der Waals surface area (Å²) in [5, 5.41) is 0. The smallest absolute Gasteiger partial charge is 0.492 e. The van der Waals surface area contributed by atoms with Crippen LogP contribution in [0.5, 0.6) is 5.75 Å². The molecule has 0 aliphatic rings. The van der Waals surface area contributed by atoms with Crippen molar-refractivity contribution in [2.24, 2.45) is 0 Å². The molecule has 0 bridgehead atoms. The molecule has 0 atom stereocenters. The van der Waals surface area contributed by atoms with E-state index >= 15 is 0 Å². The summed E-state index contributed by atoms with van der Waals surface area (Å²) in [6.07, 6.45) is -5.38. The maximum absolute atomic E-state index is 11.9. The third-order valence-corrected chi connectivity index (χ3v) is 2.99. The summed E-state index contributed by atoms with van der Waals surface area (Å²) in [7, 11) is -3.47. The van der Waals surface area contributed by atoms with Crippen molar-refractivity contribution >= 4 is 16.1 Å². The minimum Gasteiger partial charge on any atom is -0.497 e. The van der Waals surface area contributed by atoms with Crippen LogP contribution >= 0.6 is 0 Å². The molecule has 0 saturated carbocycles. The second-order valence-electron chi connectivity index (χ2n) is 3.00. The Balaban J connectivity index is 2.96. The molecule has 18 heavy (non-hydrogen) atoms. The number of alkyl halides is 3. The van der Waals surface area contributed by atoms with Crippen molar-refractivity contribution in [3.8, 4) is 5.75 Å². The van der Waals surface area contributed by atoms with Gasteiger partial charge in [-0.2, -0.15) is 21.6 Å². The summed E-state index contributed by atoms with van der Waals surface area (Å²) < 4.78 is 66.3. The van der Waals surface area contributed by atoms with Crippen molar-refractivity contribution in [1.29, 1.82) is 0 Å². The van der Waals surface area contributed by atoms with E-state index in [1.54, 1.807) is 0 Å². The molecule has 0 unspecified atom stereocenters. The van der Waals surface area contributed by atoms with Crippen molar-refractivity contribution in [2.45, 2.75) is 11.1 Å². The van der Waals surface area contributed by atoms with E-state index in [0.29, 0.717) is 5.75 Å². The van der Waals surface area contributed by atoms with Crippen LogP contribution < -0.4 is 4.74 Å². The van der Waals surface area contributed by atoms with Gasteiger partial charge in [-0.25, -0.2) is 4.79 Å². The fourth-order valence-electron chi connectivity index (χ4n) is 0.937. The molecule has 0 aromatic heterocycles. The Labute approximate surface area is 100 Å². The van der Waals surface area contributed by atoms with Gasteiger partial charge >= 0.3 is 22.3 Å². The van der Waals surface area contributed by atoms with Crippen LogP contribution in [0.25, 0.3) is 0 Å². The van der Waals surface area contributed by atoms with E-state index in [4.69, 9.17) is 4.74 Å². The Bertz CT molecular complexity index is 532. The molecule has 0 aliphatic carbocycles. The van der Waals surface area contributed by atoms with Gasteiger partial charge in [0.1, 0.15) is 10.6 Å². The SMILES string of the molecule is COc1ccc(S(=O)(=O)OC(=O)C(F)(F)F)cc1.